The zero-order chi connectivity index (χ0) is 18.3. The summed E-state index contributed by atoms with van der Waals surface area (Å²) in [5.41, 5.74) is 0.741. The molecule has 0 heterocycles. The van der Waals surface area contributed by atoms with Crippen molar-refractivity contribution in [2.75, 3.05) is 0 Å². The highest BCUT2D eigenvalue weighted by Crippen LogP contribution is 2.19. The van der Waals surface area contributed by atoms with Gasteiger partial charge >= 0.3 is 0 Å². The van der Waals surface area contributed by atoms with Crippen molar-refractivity contribution in [2.45, 2.75) is 95.2 Å². The minimum atomic E-state index is -0.0724. The van der Waals surface area contributed by atoms with Crippen LogP contribution < -0.4 is 0 Å². The predicted octanol–water partition coefficient (Wildman–Crippen LogP) is 8.38. The lowest BCUT2D eigenvalue weighted by atomic mass is 10.0. The van der Waals surface area contributed by atoms with Crippen LogP contribution in [0.3, 0.4) is 0 Å². The molecule has 1 aromatic rings. The third-order valence-electron chi connectivity index (χ3n) is 4.72. The van der Waals surface area contributed by atoms with Crippen molar-refractivity contribution >= 4 is 33.3 Å². The highest BCUT2D eigenvalue weighted by molar-refractivity contribution is 9.10. The lowest BCUT2D eigenvalue weighted by Gasteiger charge is -2.09. The molecular weight excluding hydrogens is 396 g/mol. The Bertz CT molecular complexity index is 458. The van der Waals surface area contributed by atoms with E-state index in [1.165, 1.54) is 70.6 Å². The number of ketones is 1. The normalized spacial score (nSPS) is 12.3. The van der Waals surface area contributed by atoms with Crippen LogP contribution >= 0.6 is 27.5 Å². The molecule has 1 nitrogen and oxygen atoms in total. The molecule has 0 aliphatic carbocycles. The van der Waals surface area contributed by atoms with Crippen LogP contribution in [-0.4, -0.2) is 10.6 Å². The largest absolute Gasteiger partial charge is 0.293 e. The summed E-state index contributed by atoms with van der Waals surface area (Å²) < 4.78 is 0. The summed E-state index contributed by atoms with van der Waals surface area (Å²) in [6.07, 6.45) is 17.0. The van der Waals surface area contributed by atoms with Gasteiger partial charge in [-0.3, -0.25) is 4.79 Å². The van der Waals surface area contributed by atoms with E-state index >= 15 is 0 Å². The molecule has 0 bridgehead atoms. The number of benzene rings is 1. The van der Waals surface area contributed by atoms with Gasteiger partial charge in [0.2, 0.25) is 0 Å². The van der Waals surface area contributed by atoms with Crippen LogP contribution in [0.2, 0.25) is 5.02 Å². The van der Waals surface area contributed by atoms with E-state index in [0.717, 1.165) is 18.4 Å². The van der Waals surface area contributed by atoms with Crippen LogP contribution in [0, 0.1) is 0 Å². The molecule has 0 aromatic heterocycles. The minimum Gasteiger partial charge on any atom is -0.293 e. The van der Waals surface area contributed by atoms with E-state index in [1.807, 2.05) is 0 Å². The van der Waals surface area contributed by atoms with E-state index in [4.69, 9.17) is 11.6 Å². The number of carbonyl (C=O) groups excluding carboxylic acids is 1. The number of Topliss-reactive ketones (excluding diaryl/α,β-unsaturated/α-hetero) is 1. The Morgan fingerprint density at radius 2 is 1.28 bits per heavy atom. The summed E-state index contributed by atoms with van der Waals surface area (Å²) in [6, 6.07) is 7.17. The highest BCUT2D eigenvalue weighted by atomic mass is 79.9. The molecule has 0 N–H and O–H groups in total. The van der Waals surface area contributed by atoms with Crippen LogP contribution in [-0.2, 0) is 0 Å². The molecule has 0 saturated carbocycles. The molecule has 0 saturated heterocycles. The second kappa shape index (κ2) is 14.8. The summed E-state index contributed by atoms with van der Waals surface area (Å²) >= 11 is 9.41. The number of alkyl halides is 1. The Balaban J connectivity index is 1.97. The topological polar surface area (TPSA) is 17.1 Å². The van der Waals surface area contributed by atoms with Crippen LogP contribution in [0.4, 0.5) is 0 Å². The molecule has 0 radical (unpaired) electrons. The van der Waals surface area contributed by atoms with E-state index in [9.17, 15) is 4.79 Å². The number of unbranched alkanes of at least 4 members (excludes halogenated alkanes) is 11. The maximum atomic E-state index is 12.3. The molecule has 25 heavy (non-hydrogen) atoms. The first-order valence-electron chi connectivity index (χ1n) is 10.1. The van der Waals surface area contributed by atoms with Crippen molar-refractivity contribution in [2.24, 2.45) is 0 Å². The van der Waals surface area contributed by atoms with Gasteiger partial charge in [-0.25, -0.2) is 0 Å². The number of rotatable bonds is 15. The van der Waals surface area contributed by atoms with Crippen LogP contribution in [0.5, 0.6) is 0 Å². The second-order valence-corrected chi connectivity index (χ2v) is 8.56. The van der Waals surface area contributed by atoms with Gasteiger partial charge in [0.25, 0.3) is 0 Å². The minimum absolute atomic E-state index is 0.0724. The highest BCUT2D eigenvalue weighted by Gasteiger charge is 2.16. The molecule has 0 fully saturated rings. The molecule has 1 unspecified atom stereocenters. The average molecular weight is 430 g/mol. The maximum absolute atomic E-state index is 12.3. The summed E-state index contributed by atoms with van der Waals surface area (Å²) in [7, 11) is 0. The lowest BCUT2D eigenvalue weighted by Crippen LogP contribution is -2.13. The smallest absolute Gasteiger partial charge is 0.176 e. The zero-order valence-corrected chi connectivity index (χ0v) is 18.1. The first-order chi connectivity index (χ1) is 12.1. The van der Waals surface area contributed by atoms with Crippen molar-refractivity contribution in [1.29, 1.82) is 0 Å². The Hall–Kier alpha value is -0.340. The van der Waals surface area contributed by atoms with Crippen molar-refractivity contribution in [3.63, 3.8) is 0 Å². The van der Waals surface area contributed by atoms with Gasteiger partial charge in [0.05, 0.1) is 4.83 Å². The van der Waals surface area contributed by atoms with Gasteiger partial charge in [0.15, 0.2) is 5.78 Å². The Labute approximate surface area is 168 Å². The molecule has 1 aromatic carbocycles. The van der Waals surface area contributed by atoms with E-state index in [0.29, 0.717) is 5.02 Å². The van der Waals surface area contributed by atoms with Crippen molar-refractivity contribution in [3.8, 4) is 0 Å². The number of halogens is 2. The SMILES string of the molecule is CCCCCCCCCCCCCCC(Br)C(=O)c1ccc(Cl)cc1. The van der Waals surface area contributed by atoms with Gasteiger partial charge in [-0.15, -0.1) is 0 Å². The number of hydrogen-bond acceptors (Lipinski definition) is 1. The maximum Gasteiger partial charge on any atom is 0.176 e. The molecule has 0 amide bonds. The molecule has 0 aliphatic rings. The average Bonchev–Trinajstić information content (AvgIpc) is 2.62. The van der Waals surface area contributed by atoms with Crippen molar-refractivity contribution in [1.82, 2.24) is 0 Å². The Morgan fingerprint density at radius 1 is 0.840 bits per heavy atom. The predicted molar refractivity (Wildman–Crippen MR) is 114 cm³/mol. The quantitative estimate of drug-likeness (QED) is 0.155. The molecule has 1 rings (SSSR count). The van der Waals surface area contributed by atoms with Crippen molar-refractivity contribution < 1.29 is 4.79 Å². The van der Waals surface area contributed by atoms with Crippen LogP contribution in [0.15, 0.2) is 24.3 Å². The molecule has 142 valence electrons. The number of hydrogen-bond donors (Lipinski definition) is 0. The fourth-order valence-electron chi connectivity index (χ4n) is 3.09. The van der Waals surface area contributed by atoms with Gasteiger partial charge in [0, 0.05) is 10.6 Å². The summed E-state index contributed by atoms with van der Waals surface area (Å²) in [5.74, 6) is 0.166. The van der Waals surface area contributed by atoms with E-state index < -0.39 is 0 Å². The van der Waals surface area contributed by atoms with Crippen molar-refractivity contribution in [3.05, 3.63) is 34.9 Å². The van der Waals surface area contributed by atoms with E-state index in [1.54, 1.807) is 24.3 Å². The fourth-order valence-corrected chi connectivity index (χ4v) is 3.80. The van der Waals surface area contributed by atoms with Gasteiger partial charge in [0.1, 0.15) is 0 Å². The Morgan fingerprint density at radius 3 is 1.76 bits per heavy atom. The van der Waals surface area contributed by atoms with Crippen LogP contribution in [0.1, 0.15) is 101 Å². The first kappa shape index (κ1) is 22.7. The number of carbonyl (C=O) groups is 1. The first-order valence-corrected chi connectivity index (χ1v) is 11.4. The van der Waals surface area contributed by atoms with Gasteiger partial charge in [-0.05, 0) is 30.7 Å². The van der Waals surface area contributed by atoms with E-state index in [-0.39, 0.29) is 10.6 Å². The molecule has 1 atom stereocenters. The summed E-state index contributed by atoms with van der Waals surface area (Å²) in [5, 5.41) is 0.670. The molecule has 0 spiro atoms. The van der Waals surface area contributed by atoms with Gasteiger partial charge in [-0.2, -0.15) is 0 Å². The fraction of sp³-hybridized carbons (Fsp3) is 0.682. The molecule has 0 aliphatic heterocycles. The summed E-state index contributed by atoms with van der Waals surface area (Å²) in [6.45, 7) is 2.27. The zero-order valence-electron chi connectivity index (χ0n) is 15.7. The summed E-state index contributed by atoms with van der Waals surface area (Å²) in [4.78, 5) is 12.2. The van der Waals surface area contributed by atoms with Gasteiger partial charge < -0.3 is 0 Å². The second-order valence-electron chi connectivity index (χ2n) is 7.02. The monoisotopic (exact) mass is 428 g/mol. The standard InChI is InChI=1S/C22H34BrClO/c1-2-3-4-5-6-7-8-9-10-11-12-13-14-21(23)22(25)19-15-17-20(24)18-16-19/h15-18,21H,2-14H2,1H3. The third-order valence-corrected chi connectivity index (χ3v) is 5.85. The van der Waals surface area contributed by atoms with Crippen LogP contribution in [0.25, 0.3) is 0 Å². The third kappa shape index (κ3) is 11.1. The molecule has 3 heteroatoms. The van der Waals surface area contributed by atoms with E-state index in [2.05, 4.69) is 22.9 Å². The Kier molecular flexibility index (Phi) is 13.4. The van der Waals surface area contributed by atoms with Gasteiger partial charge in [-0.1, -0.05) is 112 Å². The molecular formula is C22H34BrClO. The lowest BCUT2D eigenvalue weighted by molar-refractivity contribution is 0.0988.